The standard InChI is InChI=1S/C11H20N2OS2/c1-7-5-13(6-8(2)16-7)10(14)11(3,4)9(12)15/h7-8H,5-6H2,1-4H3,(H2,12,15). The number of carbonyl (C=O) groups is 1. The maximum Gasteiger partial charge on any atom is 0.235 e. The second-order valence-electron chi connectivity index (χ2n) is 4.96. The minimum absolute atomic E-state index is 0.0546. The summed E-state index contributed by atoms with van der Waals surface area (Å²) < 4.78 is 0. The van der Waals surface area contributed by atoms with Crippen molar-refractivity contribution >= 4 is 34.9 Å². The van der Waals surface area contributed by atoms with Crippen molar-refractivity contribution < 1.29 is 4.79 Å². The molecule has 1 heterocycles. The highest BCUT2D eigenvalue weighted by molar-refractivity contribution is 8.00. The maximum absolute atomic E-state index is 12.3. The Kier molecular flexibility index (Phi) is 4.23. The molecule has 5 heteroatoms. The minimum Gasteiger partial charge on any atom is -0.392 e. The van der Waals surface area contributed by atoms with E-state index < -0.39 is 5.41 Å². The van der Waals surface area contributed by atoms with Crippen LogP contribution >= 0.6 is 24.0 Å². The Labute approximate surface area is 107 Å². The molecule has 16 heavy (non-hydrogen) atoms. The molecule has 1 aliphatic rings. The Hall–Kier alpha value is -0.290. The molecule has 1 saturated heterocycles. The zero-order chi connectivity index (χ0) is 12.5. The number of hydrogen-bond donors (Lipinski definition) is 1. The highest BCUT2D eigenvalue weighted by atomic mass is 32.2. The molecule has 1 rings (SSSR count). The van der Waals surface area contributed by atoms with Gasteiger partial charge < -0.3 is 10.6 Å². The molecule has 92 valence electrons. The third-order valence-electron chi connectivity index (χ3n) is 2.86. The number of hydrogen-bond acceptors (Lipinski definition) is 3. The van der Waals surface area contributed by atoms with E-state index in [4.69, 9.17) is 18.0 Å². The van der Waals surface area contributed by atoms with Gasteiger partial charge in [-0.3, -0.25) is 4.79 Å². The number of thiocarbonyl (C=S) groups is 1. The van der Waals surface area contributed by atoms with E-state index in [2.05, 4.69) is 13.8 Å². The van der Waals surface area contributed by atoms with E-state index >= 15 is 0 Å². The smallest absolute Gasteiger partial charge is 0.235 e. The summed E-state index contributed by atoms with van der Waals surface area (Å²) in [5, 5.41) is 0.963. The topological polar surface area (TPSA) is 46.3 Å². The molecule has 0 aromatic carbocycles. The molecule has 1 amide bonds. The van der Waals surface area contributed by atoms with Crippen molar-refractivity contribution in [1.82, 2.24) is 4.90 Å². The summed E-state index contributed by atoms with van der Waals surface area (Å²) >= 11 is 6.88. The molecule has 2 unspecified atom stereocenters. The van der Waals surface area contributed by atoms with Gasteiger partial charge in [0.15, 0.2) is 0 Å². The summed E-state index contributed by atoms with van der Waals surface area (Å²) in [5.74, 6) is 0.0546. The maximum atomic E-state index is 12.3. The van der Waals surface area contributed by atoms with Gasteiger partial charge in [0.05, 0.1) is 10.4 Å². The van der Waals surface area contributed by atoms with Crippen molar-refractivity contribution in [2.75, 3.05) is 13.1 Å². The zero-order valence-corrected chi connectivity index (χ0v) is 12.0. The van der Waals surface area contributed by atoms with Gasteiger partial charge in [-0.05, 0) is 13.8 Å². The molecular formula is C11H20N2OS2. The summed E-state index contributed by atoms with van der Waals surface area (Å²) in [7, 11) is 0. The van der Waals surface area contributed by atoms with Crippen molar-refractivity contribution in [2.24, 2.45) is 11.1 Å². The fourth-order valence-corrected chi connectivity index (χ4v) is 3.26. The molecule has 0 saturated carbocycles. The Balaban J connectivity index is 2.77. The van der Waals surface area contributed by atoms with Crippen LogP contribution in [0.25, 0.3) is 0 Å². The predicted octanol–water partition coefficient (Wildman–Crippen LogP) is 1.65. The van der Waals surface area contributed by atoms with Gasteiger partial charge in [0.1, 0.15) is 0 Å². The van der Waals surface area contributed by atoms with Gasteiger partial charge in [-0.1, -0.05) is 26.1 Å². The van der Waals surface area contributed by atoms with Gasteiger partial charge in [0.25, 0.3) is 0 Å². The van der Waals surface area contributed by atoms with Gasteiger partial charge in [-0.25, -0.2) is 0 Å². The van der Waals surface area contributed by atoms with Crippen molar-refractivity contribution in [2.45, 2.75) is 38.2 Å². The van der Waals surface area contributed by atoms with Gasteiger partial charge in [0, 0.05) is 23.6 Å². The van der Waals surface area contributed by atoms with Gasteiger partial charge >= 0.3 is 0 Å². The molecule has 3 nitrogen and oxygen atoms in total. The van der Waals surface area contributed by atoms with Crippen LogP contribution in [0.3, 0.4) is 0 Å². The highest BCUT2D eigenvalue weighted by Gasteiger charge is 2.37. The normalized spacial score (nSPS) is 26.6. The third-order valence-corrected chi connectivity index (χ3v) is 4.60. The number of amides is 1. The van der Waals surface area contributed by atoms with Crippen molar-refractivity contribution in [1.29, 1.82) is 0 Å². The quantitative estimate of drug-likeness (QED) is 0.767. The Bertz CT molecular complexity index is 294. The lowest BCUT2D eigenvalue weighted by Crippen LogP contribution is -2.52. The Morgan fingerprint density at radius 1 is 1.38 bits per heavy atom. The number of nitrogens with zero attached hydrogens (tertiary/aromatic N) is 1. The molecule has 2 N–H and O–H groups in total. The fraction of sp³-hybridized carbons (Fsp3) is 0.818. The molecule has 1 aliphatic heterocycles. The minimum atomic E-state index is -0.725. The first-order chi connectivity index (χ1) is 7.25. The first-order valence-electron chi connectivity index (χ1n) is 5.50. The first-order valence-corrected chi connectivity index (χ1v) is 6.85. The van der Waals surface area contributed by atoms with Crippen molar-refractivity contribution in [3.8, 4) is 0 Å². The molecule has 0 aromatic heterocycles. The summed E-state index contributed by atoms with van der Waals surface area (Å²) in [6, 6.07) is 0. The molecule has 0 spiro atoms. The van der Waals surface area contributed by atoms with Gasteiger partial charge in [-0.15, -0.1) is 0 Å². The van der Waals surface area contributed by atoms with E-state index in [-0.39, 0.29) is 10.9 Å². The van der Waals surface area contributed by atoms with Gasteiger partial charge in [-0.2, -0.15) is 11.8 Å². The largest absolute Gasteiger partial charge is 0.392 e. The molecule has 2 atom stereocenters. The average Bonchev–Trinajstić information content (AvgIpc) is 2.14. The second kappa shape index (κ2) is 4.92. The van der Waals surface area contributed by atoms with Crippen LogP contribution in [0.5, 0.6) is 0 Å². The Morgan fingerprint density at radius 3 is 2.19 bits per heavy atom. The average molecular weight is 260 g/mol. The molecule has 0 bridgehead atoms. The Morgan fingerprint density at radius 2 is 1.81 bits per heavy atom. The van der Waals surface area contributed by atoms with E-state index in [0.717, 1.165) is 13.1 Å². The predicted molar refractivity (Wildman–Crippen MR) is 73.7 cm³/mol. The van der Waals surface area contributed by atoms with Crippen LogP contribution in [0.2, 0.25) is 0 Å². The van der Waals surface area contributed by atoms with E-state index in [1.807, 2.05) is 16.7 Å². The summed E-state index contributed by atoms with van der Waals surface area (Å²) in [6.07, 6.45) is 0. The van der Waals surface area contributed by atoms with Crippen LogP contribution in [0.4, 0.5) is 0 Å². The highest BCUT2D eigenvalue weighted by Crippen LogP contribution is 2.28. The number of thioether (sulfide) groups is 1. The third kappa shape index (κ3) is 2.88. The lowest BCUT2D eigenvalue weighted by molar-refractivity contribution is -0.137. The second-order valence-corrected chi connectivity index (χ2v) is 7.28. The summed E-state index contributed by atoms with van der Waals surface area (Å²) in [4.78, 5) is 14.5. The van der Waals surface area contributed by atoms with Crippen LogP contribution < -0.4 is 5.73 Å². The van der Waals surface area contributed by atoms with E-state index in [1.54, 1.807) is 13.8 Å². The van der Waals surface area contributed by atoms with Crippen LogP contribution in [-0.2, 0) is 4.79 Å². The fourth-order valence-electron chi connectivity index (χ4n) is 1.84. The number of rotatable bonds is 2. The van der Waals surface area contributed by atoms with Crippen LogP contribution in [0.1, 0.15) is 27.7 Å². The zero-order valence-electron chi connectivity index (χ0n) is 10.3. The number of nitrogens with two attached hydrogens (primary N) is 1. The molecule has 1 fully saturated rings. The van der Waals surface area contributed by atoms with E-state index in [1.165, 1.54) is 0 Å². The van der Waals surface area contributed by atoms with Gasteiger partial charge in [0.2, 0.25) is 5.91 Å². The lowest BCUT2D eigenvalue weighted by atomic mass is 9.91. The summed E-state index contributed by atoms with van der Waals surface area (Å²) in [6.45, 7) is 9.48. The molecule has 0 aliphatic carbocycles. The van der Waals surface area contributed by atoms with Crippen molar-refractivity contribution in [3.63, 3.8) is 0 Å². The number of carbonyl (C=O) groups excluding carboxylic acids is 1. The summed E-state index contributed by atoms with van der Waals surface area (Å²) in [5.41, 5.74) is 4.90. The monoisotopic (exact) mass is 260 g/mol. The molecule has 0 aromatic rings. The molecular weight excluding hydrogens is 240 g/mol. The lowest BCUT2D eigenvalue weighted by Gasteiger charge is -2.38. The van der Waals surface area contributed by atoms with E-state index in [0.29, 0.717) is 10.5 Å². The SMILES string of the molecule is CC1CN(C(=O)C(C)(C)C(N)=S)CC(C)S1. The van der Waals surface area contributed by atoms with Crippen molar-refractivity contribution in [3.05, 3.63) is 0 Å². The van der Waals surface area contributed by atoms with E-state index in [9.17, 15) is 4.79 Å². The van der Waals surface area contributed by atoms with Crippen LogP contribution in [0.15, 0.2) is 0 Å². The molecule has 0 radical (unpaired) electrons. The van der Waals surface area contributed by atoms with Crippen LogP contribution in [-0.4, -0.2) is 39.4 Å². The van der Waals surface area contributed by atoms with Crippen LogP contribution in [0, 0.1) is 5.41 Å². The first kappa shape index (κ1) is 13.8.